The van der Waals surface area contributed by atoms with E-state index in [0.29, 0.717) is 11.4 Å². The molecule has 1 aromatic rings. The number of ether oxygens (including phenoxy) is 2. The molecule has 0 bridgehead atoms. The minimum absolute atomic E-state index is 0. The average Bonchev–Trinajstić information content (AvgIpc) is 2.46. The molecule has 0 spiro atoms. The van der Waals surface area contributed by atoms with E-state index >= 15 is 0 Å². The van der Waals surface area contributed by atoms with Gasteiger partial charge < -0.3 is 26.3 Å². The van der Waals surface area contributed by atoms with Gasteiger partial charge in [0.2, 0.25) is 11.8 Å². The standard InChI is InChI=1S/C14H21N3O4.ClH/c1-20-12(9-15)8-14(19)17-10-2-4-11(5-3-10)21-7-6-13(16)18;/h2-5,12H,6-9,15H2,1H3,(H2,16,18)(H,17,19);1H. The molecule has 7 nitrogen and oxygen atoms in total. The van der Waals surface area contributed by atoms with Crippen LogP contribution < -0.4 is 21.5 Å². The molecule has 0 radical (unpaired) electrons. The van der Waals surface area contributed by atoms with Crippen LogP contribution in [0.5, 0.6) is 5.75 Å². The third kappa shape index (κ3) is 7.82. The minimum atomic E-state index is -0.411. The Morgan fingerprint density at radius 2 is 1.91 bits per heavy atom. The predicted octanol–water partition coefficient (Wildman–Crippen LogP) is 0.665. The van der Waals surface area contributed by atoms with Gasteiger partial charge in [-0.1, -0.05) is 0 Å². The number of methoxy groups -OCH3 is 1. The van der Waals surface area contributed by atoms with Crippen LogP contribution in [0.25, 0.3) is 0 Å². The Bertz CT molecular complexity index is 464. The summed E-state index contributed by atoms with van der Waals surface area (Å²) in [5, 5.41) is 2.74. The van der Waals surface area contributed by atoms with Crippen LogP contribution in [0.2, 0.25) is 0 Å². The zero-order chi connectivity index (χ0) is 15.7. The Labute approximate surface area is 135 Å². The van der Waals surface area contributed by atoms with E-state index in [1.807, 2.05) is 0 Å². The molecule has 8 heteroatoms. The number of hydrogen-bond acceptors (Lipinski definition) is 5. The molecule has 0 fully saturated rings. The van der Waals surface area contributed by atoms with E-state index in [2.05, 4.69) is 5.32 Å². The van der Waals surface area contributed by atoms with Crippen molar-refractivity contribution in [2.75, 3.05) is 25.6 Å². The van der Waals surface area contributed by atoms with Crippen molar-refractivity contribution in [1.29, 1.82) is 0 Å². The highest BCUT2D eigenvalue weighted by Crippen LogP contribution is 2.16. The highest BCUT2D eigenvalue weighted by molar-refractivity contribution is 5.91. The summed E-state index contributed by atoms with van der Waals surface area (Å²) in [4.78, 5) is 22.3. The second-order valence-electron chi connectivity index (χ2n) is 4.43. The van der Waals surface area contributed by atoms with Crippen LogP contribution in [0.3, 0.4) is 0 Å². The number of amides is 2. The molecule has 124 valence electrons. The Hall–Kier alpha value is -1.83. The van der Waals surface area contributed by atoms with E-state index < -0.39 is 5.91 Å². The maximum absolute atomic E-state index is 11.7. The molecule has 22 heavy (non-hydrogen) atoms. The molecule has 0 heterocycles. The molecule has 5 N–H and O–H groups in total. The van der Waals surface area contributed by atoms with Gasteiger partial charge in [0.1, 0.15) is 5.75 Å². The fourth-order valence-electron chi connectivity index (χ4n) is 1.59. The normalized spacial score (nSPS) is 11.2. The summed E-state index contributed by atoms with van der Waals surface area (Å²) < 4.78 is 10.4. The highest BCUT2D eigenvalue weighted by atomic mass is 35.5. The maximum atomic E-state index is 11.7. The number of halogens is 1. The van der Waals surface area contributed by atoms with Crippen molar-refractivity contribution in [2.24, 2.45) is 11.5 Å². The smallest absolute Gasteiger partial charge is 0.227 e. The second kappa shape index (κ2) is 10.8. The van der Waals surface area contributed by atoms with E-state index in [-0.39, 0.29) is 50.4 Å². The van der Waals surface area contributed by atoms with Crippen molar-refractivity contribution in [2.45, 2.75) is 18.9 Å². The number of anilines is 1. The monoisotopic (exact) mass is 331 g/mol. The van der Waals surface area contributed by atoms with Crippen LogP contribution in [-0.2, 0) is 14.3 Å². The minimum Gasteiger partial charge on any atom is -0.493 e. The van der Waals surface area contributed by atoms with Crippen LogP contribution in [0.15, 0.2) is 24.3 Å². The zero-order valence-electron chi connectivity index (χ0n) is 12.4. The van der Waals surface area contributed by atoms with Crippen molar-refractivity contribution in [3.8, 4) is 5.75 Å². The maximum Gasteiger partial charge on any atom is 0.227 e. The number of benzene rings is 1. The molecule has 1 unspecified atom stereocenters. The molecule has 0 aliphatic carbocycles. The Kier molecular flexibility index (Phi) is 9.93. The molecular weight excluding hydrogens is 310 g/mol. The van der Waals surface area contributed by atoms with Gasteiger partial charge in [-0.3, -0.25) is 9.59 Å². The number of nitrogens with one attached hydrogen (secondary N) is 1. The zero-order valence-corrected chi connectivity index (χ0v) is 13.2. The lowest BCUT2D eigenvalue weighted by Crippen LogP contribution is -2.28. The summed E-state index contributed by atoms with van der Waals surface area (Å²) in [6.07, 6.45) is 0.0706. The fraction of sp³-hybridized carbons (Fsp3) is 0.429. The van der Waals surface area contributed by atoms with Crippen molar-refractivity contribution in [1.82, 2.24) is 0 Å². The first kappa shape index (κ1) is 20.2. The highest BCUT2D eigenvalue weighted by Gasteiger charge is 2.11. The van der Waals surface area contributed by atoms with E-state index in [4.69, 9.17) is 20.9 Å². The molecule has 1 atom stereocenters. The average molecular weight is 332 g/mol. The summed E-state index contributed by atoms with van der Waals surface area (Å²) in [7, 11) is 1.52. The van der Waals surface area contributed by atoms with Crippen molar-refractivity contribution in [3.05, 3.63) is 24.3 Å². The van der Waals surface area contributed by atoms with Gasteiger partial charge in [-0.15, -0.1) is 12.4 Å². The third-order valence-electron chi connectivity index (χ3n) is 2.76. The lowest BCUT2D eigenvalue weighted by atomic mass is 10.2. The van der Waals surface area contributed by atoms with Gasteiger partial charge in [0, 0.05) is 19.3 Å². The first-order chi connectivity index (χ1) is 10.0. The van der Waals surface area contributed by atoms with Crippen LogP contribution >= 0.6 is 12.4 Å². The van der Waals surface area contributed by atoms with Crippen molar-refractivity contribution < 1.29 is 19.1 Å². The summed E-state index contributed by atoms with van der Waals surface area (Å²) in [5.74, 6) is 0.0205. The summed E-state index contributed by atoms with van der Waals surface area (Å²) in [5.41, 5.74) is 11.1. The van der Waals surface area contributed by atoms with E-state index in [9.17, 15) is 9.59 Å². The third-order valence-corrected chi connectivity index (χ3v) is 2.76. The first-order valence-electron chi connectivity index (χ1n) is 6.59. The molecule has 2 amide bonds. The molecule has 0 aromatic heterocycles. The van der Waals surface area contributed by atoms with Gasteiger partial charge >= 0.3 is 0 Å². The Morgan fingerprint density at radius 3 is 2.41 bits per heavy atom. The summed E-state index contributed by atoms with van der Waals surface area (Å²) >= 11 is 0. The molecule has 0 saturated heterocycles. The van der Waals surface area contributed by atoms with Gasteiger partial charge in [-0.25, -0.2) is 0 Å². The van der Waals surface area contributed by atoms with Gasteiger partial charge in [-0.05, 0) is 24.3 Å². The van der Waals surface area contributed by atoms with Gasteiger partial charge in [0.15, 0.2) is 0 Å². The lowest BCUT2D eigenvalue weighted by molar-refractivity contribution is -0.119. The number of hydrogen-bond donors (Lipinski definition) is 3. The van der Waals surface area contributed by atoms with Crippen LogP contribution in [0.4, 0.5) is 5.69 Å². The number of nitrogens with two attached hydrogens (primary N) is 2. The van der Waals surface area contributed by atoms with Gasteiger partial charge in [-0.2, -0.15) is 0 Å². The van der Waals surface area contributed by atoms with Gasteiger partial charge in [0.05, 0.1) is 25.6 Å². The number of carbonyl (C=O) groups excluding carboxylic acids is 2. The molecule has 1 aromatic carbocycles. The first-order valence-corrected chi connectivity index (χ1v) is 6.59. The van der Waals surface area contributed by atoms with Crippen LogP contribution in [0, 0.1) is 0 Å². The second-order valence-corrected chi connectivity index (χ2v) is 4.43. The number of primary amides is 1. The summed E-state index contributed by atoms with van der Waals surface area (Å²) in [6, 6.07) is 6.82. The quantitative estimate of drug-likeness (QED) is 0.614. The largest absolute Gasteiger partial charge is 0.493 e. The Morgan fingerprint density at radius 1 is 1.27 bits per heavy atom. The number of rotatable bonds is 9. The van der Waals surface area contributed by atoms with Crippen molar-refractivity contribution in [3.63, 3.8) is 0 Å². The molecule has 0 aliphatic heterocycles. The molecule has 1 rings (SSSR count). The SMILES string of the molecule is COC(CN)CC(=O)Nc1ccc(OCCC(N)=O)cc1.Cl. The topological polar surface area (TPSA) is 117 Å². The molecule has 0 aliphatic rings. The van der Waals surface area contributed by atoms with Crippen molar-refractivity contribution >= 4 is 29.9 Å². The summed E-state index contributed by atoms with van der Waals surface area (Å²) in [6.45, 7) is 0.517. The van der Waals surface area contributed by atoms with Gasteiger partial charge in [0.25, 0.3) is 0 Å². The predicted molar refractivity (Wildman–Crippen MR) is 86.1 cm³/mol. The Balaban J connectivity index is 0.00000441. The van der Waals surface area contributed by atoms with Crippen LogP contribution in [-0.4, -0.2) is 38.2 Å². The lowest BCUT2D eigenvalue weighted by Gasteiger charge is -2.13. The van der Waals surface area contributed by atoms with E-state index in [1.165, 1.54) is 7.11 Å². The van der Waals surface area contributed by atoms with Crippen LogP contribution in [0.1, 0.15) is 12.8 Å². The molecule has 0 saturated carbocycles. The van der Waals surface area contributed by atoms with E-state index in [1.54, 1.807) is 24.3 Å². The molecular formula is C14H22ClN3O4. The fourth-order valence-corrected chi connectivity index (χ4v) is 1.59. The number of carbonyl (C=O) groups is 2. The van der Waals surface area contributed by atoms with E-state index in [0.717, 1.165) is 0 Å².